The van der Waals surface area contributed by atoms with E-state index in [9.17, 15) is 0 Å². The first kappa shape index (κ1) is 11.0. The van der Waals surface area contributed by atoms with Crippen molar-refractivity contribution in [3.63, 3.8) is 0 Å². The third kappa shape index (κ3) is 4.27. The molecule has 0 saturated carbocycles. The van der Waals surface area contributed by atoms with E-state index in [2.05, 4.69) is 11.1 Å². The monoisotopic (exact) mass is 118 g/mol. The molecular formula is C5H5NNaO-. The SMILES string of the molecule is [Na+].[OH-].[c-]1cccnc1. The third-order valence-corrected chi connectivity index (χ3v) is 0.514. The van der Waals surface area contributed by atoms with Crippen LogP contribution in [0.25, 0.3) is 0 Å². The summed E-state index contributed by atoms with van der Waals surface area (Å²) in [7, 11) is 0. The van der Waals surface area contributed by atoms with E-state index in [-0.39, 0.29) is 35.0 Å². The molecule has 0 fully saturated rings. The molecule has 38 valence electrons. The van der Waals surface area contributed by atoms with Gasteiger partial charge in [-0.1, -0.05) is 12.4 Å². The third-order valence-electron chi connectivity index (χ3n) is 0.514. The van der Waals surface area contributed by atoms with Crippen LogP contribution < -0.4 is 29.6 Å². The zero-order valence-electron chi connectivity index (χ0n) is 4.70. The molecule has 0 aliphatic heterocycles. The van der Waals surface area contributed by atoms with Crippen LogP contribution in [-0.4, -0.2) is 10.5 Å². The number of rotatable bonds is 0. The van der Waals surface area contributed by atoms with E-state index >= 15 is 0 Å². The minimum Gasteiger partial charge on any atom is -0.870 e. The molecule has 0 aromatic carbocycles. The van der Waals surface area contributed by atoms with Crippen molar-refractivity contribution in [2.45, 2.75) is 0 Å². The fraction of sp³-hybridized carbons (Fsp3) is 0. The van der Waals surface area contributed by atoms with Gasteiger partial charge in [0.1, 0.15) is 0 Å². The molecule has 1 heterocycles. The molecule has 8 heavy (non-hydrogen) atoms. The molecule has 0 aliphatic rings. The van der Waals surface area contributed by atoms with E-state index in [1.807, 2.05) is 12.1 Å². The van der Waals surface area contributed by atoms with Crippen molar-refractivity contribution in [2.75, 3.05) is 0 Å². The van der Waals surface area contributed by atoms with Gasteiger partial charge in [-0.05, 0) is 0 Å². The molecule has 0 radical (unpaired) electrons. The van der Waals surface area contributed by atoms with Gasteiger partial charge in [0.2, 0.25) is 0 Å². The fourth-order valence-electron chi connectivity index (χ4n) is 0.277. The van der Waals surface area contributed by atoms with E-state index in [1.54, 1.807) is 12.4 Å². The molecule has 0 spiro atoms. The van der Waals surface area contributed by atoms with Crippen LogP contribution in [-0.2, 0) is 0 Å². The second kappa shape index (κ2) is 7.11. The zero-order valence-corrected chi connectivity index (χ0v) is 6.70. The molecule has 1 N–H and O–H groups in total. The quantitative estimate of drug-likeness (QED) is 0.284. The summed E-state index contributed by atoms with van der Waals surface area (Å²) in [6, 6.07) is 6.43. The van der Waals surface area contributed by atoms with Gasteiger partial charge < -0.3 is 10.5 Å². The molecule has 0 aliphatic carbocycles. The van der Waals surface area contributed by atoms with E-state index in [1.165, 1.54) is 0 Å². The van der Waals surface area contributed by atoms with Crippen molar-refractivity contribution in [1.29, 1.82) is 0 Å². The summed E-state index contributed by atoms with van der Waals surface area (Å²) >= 11 is 0. The second-order valence-electron chi connectivity index (χ2n) is 0.953. The Kier molecular flexibility index (Phi) is 9.76. The van der Waals surface area contributed by atoms with Crippen LogP contribution in [0, 0.1) is 6.07 Å². The van der Waals surface area contributed by atoms with Gasteiger partial charge in [0.05, 0.1) is 0 Å². The standard InChI is InChI=1S/C5H4N.Na.H2O/c1-2-4-6-5-3-1;;/h1-2,4-5H;;1H2/q-1;+1;/p-1. The average molecular weight is 118 g/mol. The van der Waals surface area contributed by atoms with Gasteiger partial charge in [-0.25, -0.2) is 12.1 Å². The number of pyridine rings is 1. The van der Waals surface area contributed by atoms with Crippen molar-refractivity contribution in [2.24, 2.45) is 0 Å². The number of nitrogens with zero attached hydrogens (tertiary/aromatic N) is 1. The fourth-order valence-corrected chi connectivity index (χ4v) is 0.277. The van der Waals surface area contributed by atoms with E-state index < -0.39 is 0 Å². The van der Waals surface area contributed by atoms with Gasteiger partial charge in [-0.3, -0.25) is 0 Å². The summed E-state index contributed by atoms with van der Waals surface area (Å²) < 4.78 is 0. The first-order valence-corrected chi connectivity index (χ1v) is 1.76. The van der Waals surface area contributed by atoms with Gasteiger partial charge in [0, 0.05) is 0 Å². The topological polar surface area (TPSA) is 42.9 Å². The van der Waals surface area contributed by atoms with Gasteiger partial charge in [-0.15, -0.1) is 0 Å². The smallest absolute Gasteiger partial charge is 0.870 e. The number of hydrogen-bond acceptors (Lipinski definition) is 2. The van der Waals surface area contributed by atoms with Crippen LogP contribution in [0.3, 0.4) is 0 Å². The minimum atomic E-state index is 0. The Morgan fingerprint density at radius 1 is 1.38 bits per heavy atom. The maximum absolute atomic E-state index is 3.73. The Labute approximate surface area is 70.5 Å². The number of hydrogen-bond donors (Lipinski definition) is 0. The minimum absolute atomic E-state index is 0. The van der Waals surface area contributed by atoms with Crippen LogP contribution in [0.1, 0.15) is 0 Å². The summed E-state index contributed by atoms with van der Waals surface area (Å²) in [5.74, 6) is 0. The molecule has 3 heteroatoms. The Bertz CT molecular complexity index is 84.4. The molecule has 0 amide bonds. The van der Waals surface area contributed by atoms with Crippen molar-refractivity contribution in [3.05, 3.63) is 30.6 Å². The van der Waals surface area contributed by atoms with Crippen molar-refractivity contribution in [3.8, 4) is 0 Å². The summed E-state index contributed by atoms with van der Waals surface area (Å²) in [4.78, 5) is 3.73. The summed E-state index contributed by atoms with van der Waals surface area (Å²) in [6.07, 6.45) is 3.34. The Balaban J connectivity index is 0. The van der Waals surface area contributed by atoms with E-state index in [0.29, 0.717) is 0 Å². The molecule has 0 unspecified atom stereocenters. The van der Waals surface area contributed by atoms with Crippen LogP contribution >= 0.6 is 0 Å². The molecule has 0 atom stereocenters. The largest absolute Gasteiger partial charge is 1.00 e. The number of aromatic nitrogens is 1. The maximum atomic E-state index is 3.73. The molecule has 1 aromatic rings. The molecular weight excluding hydrogens is 113 g/mol. The van der Waals surface area contributed by atoms with E-state index in [4.69, 9.17) is 0 Å². The van der Waals surface area contributed by atoms with Crippen molar-refractivity contribution in [1.82, 2.24) is 4.98 Å². The van der Waals surface area contributed by atoms with Gasteiger partial charge in [-0.2, -0.15) is 6.07 Å². The van der Waals surface area contributed by atoms with Gasteiger partial charge in [0.15, 0.2) is 0 Å². The van der Waals surface area contributed by atoms with Gasteiger partial charge in [0.25, 0.3) is 0 Å². The first-order chi connectivity index (χ1) is 3.00. The molecule has 2 nitrogen and oxygen atoms in total. The van der Waals surface area contributed by atoms with Crippen LogP contribution in [0.4, 0.5) is 0 Å². The Morgan fingerprint density at radius 2 is 2.12 bits per heavy atom. The second-order valence-corrected chi connectivity index (χ2v) is 0.953. The first-order valence-electron chi connectivity index (χ1n) is 1.76. The van der Waals surface area contributed by atoms with Crippen molar-refractivity contribution >= 4 is 0 Å². The zero-order chi connectivity index (χ0) is 4.24. The summed E-state index contributed by atoms with van der Waals surface area (Å²) in [5.41, 5.74) is 0. The Morgan fingerprint density at radius 3 is 2.25 bits per heavy atom. The molecule has 1 aromatic heterocycles. The molecule has 0 saturated heterocycles. The van der Waals surface area contributed by atoms with Crippen LogP contribution in [0.5, 0.6) is 0 Å². The van der Waals surface area contributed by atoms with Crippen LogP contribution in [0.15, 0.2) is 24.5 Å². The molecule has 1 rings (SSSR count). The predicted molar refractivity (Wildman–Crippen MR) is 25.0 cm³/mol. The summed E-state index contributed by atoms with van der Waals surface area (Å²) in [6.45, 7) is 0. The maximum Gasteiger partial charge on any atom is 1.00 e. The Hall–Kier alpha value is 0.110. The van der Waals surface area contributed by atoms with E-state index in [0.717, 1.165) is 0 Å². The van der Waals surface area contributed by atoms with Crippen LogP contribution in [0.2, 0.25) is 0 Å². The molecule has 0 bridgehead atoms. The van der Waals surface area contributed by atoms with Gasteiger partial charge >= 0.3 is 29.6 Å². The van der Waals surface area contributed by atoms with Crippen molar-refractivity contribution < 1.29 is 35.0 Å². The normalized spacial score (nSPS) is 6.00. The predicted octanol–water partition coefficient (Wildman–Crippen LogP) is -2.29. The summed E-state index contributed by atoms with van der Waals surface area (Å²) in [5, 5.41) is 0. The average Bonchev–Trinajstić information content (AvgIpc) is 1.72.